The summed E-state index contributed by atoms with van der Waals surface area (Å²) in [5, 5.41) is 0.681. The summed E-state index contributed by atoms with van der Waals surface area (Å²) in [7, 11) is -3.15. The molecule has 11 heteroatoms. The summed E-state index contributed by atoms with van der Waals surface area (Å²) in [6, 6.07) is 9.59. The van der Waals surface area contributed by atoms with E-state index in [1.807, 2.05) is 25.1 Å². The van der Waals surface area contributed by atoms with Crippen LogP contribution in [0.15, 0.2) is 42.9 Å². The number of aromatic nitrogens is 3. The number of piperazine rings is 1. The molecular formula is C27H32ClN7O2S. The van der Waals surface area contributed by atoms with E-state index in [1.165, 1.54) is 6.26 Å². The highest BCUT2D eigenvalue weighted by Crippen LogP contribution is 2.28. The number of nitrogens with one attached hydrogen (secondary N) is 1. The molecule has 0 aliphatic carbocycles. The minimum absolute atomic E-state index is 0.429. The van der Waals surface area contributed by atoms with Gasteiger partial charge in [-0.2, -0.15) is 0 Å². The lowest BCUT2D eigenvalue weighted by atomic mass is 10.0. The van der Waals surface area contributed by atoms with Gasteiger partial charge in [0.2, 0.25) is 10.0 Å². The van der Waals surface area contributed by atoms with Gasteiger partial charge < -0.3 is 5.73 Å². The predicted octanol–water partition coefficient (Wildman–Crippen LogP) is 2.40. The highest BCUT2D eigenvalue weighted by molar-refractivity contribution is 7.88. The number of nitrogen functional groups attached to an aromatic ring is 1. The Morgan fingerprint density at radius 2 is 1.82 bits per heavy atom. The summed E-state index contributed by atoms with van der Waals surface area (Å²) < 4.78 is 25.1. The number of halogens is 1. The number of pyridine rings is 1. The van der Waals surface area contributed by atoms with Crippen molar-refractivity contribution in [3.63, 3.8) is 0 Å². The van der Waals surface area contributed by atoms with Crippen LogP contribution in [-0.2, 0) is 23.0 Å². The second-order valence-electron chi connectivity index (χ2n) is 9.21. The summed E-state index contributed by atoms with van der Waals surface area (Å²) in [4.78, 5) is 17.7. The molecule has 3 heterocycles. The fraction of sp³-hybridized carbons (Fsp3) is 0.370. The number of anilines is 1. The molecule has 0 atom stereocenters. The van der Waals surface area contributed by atoms with Crippen LogP contribution in [0.3, 0.4) is 0 Å². The molecule has 0 unspecified atom stereocenters. The standard InChI is InChI=1S/C27H32ClN7O2S/c1-3-25-23(8-4-20-5-9-26(29)30-17-20)27(32-19-31-25)21-6-7-22(24(28)16-21)18-35-14-12-34(13-15-35)11-10-33-38(2,36)37/h5-7,9,16-17,19,33H,3,10-15,18H2,1-2H3,(H2,29,30). The zero-order valence-corrected chi connectivity index (χ0v) is 23.2. The van der Waals surface area contributed by atoms with Crippen molar-refractivity contribution in [2.24, 2.45) is 0 Å². The van der Waals surface area contributed by atoms with Gasteiger partial charge in [-0.1, -0.05) is 42.5 Å². The molecule has 200 valence electrons. The smallest absolute Gasteiger partial charge is 0.208 e. The number of nitrogens with zero attached hydrogens (tertiary/aromatic N) is 5. The van der Waals surface area contributed by atoms with E-state index in [4.69, 9.17) is 17.3 Å². The molecule has 9 nitrogen and oxygen atoms in total. The molecule has 0 radical (unpaired) electrons. The van der Waals surface area contributed by atoms with Gasteiger partial charge in [0.1, 0.15) is 12.1 Å². The number of hydrogen-bond donors (Lipinski definition) is 2. The van der Waals surface area contributed by atoms with Gasteiger partial charge in [-0.05, 0) is 30.2 Å². The highest BCUT2D eigenvalue weighted by atomic mass is 35.5. The predicted molar refractivity (Wildman–Crippen MR) is 151 cm³/mol. The number of nitrogens with two attached hydrogens (primary N) is 1. The van der Waals surface area contributed by atoms with E-state index in [0.717, 1.165) is 72.8 Å². The van der Waals surface area contributed by atoms with E-state index in [9.17, 15) is 8.42 Å². The van der Waals surface area contributed by atoms with Gasteiger partial charge in [-0.25, -0.2) is 28.1 Å². The second kappa shape index (κ2) is 12.7. The van der Waals surface area contributed by atoms with E-state index in [2.05, 4.69) is 47.4 Å². The quantitative estimate of drug-likeness (QED) is 0.408. The Labute approximate surface area is 229 Å². The molecule has 38 heavy (non-hydrogen) atoms. The highest BCUT2D eigenvalue weighted by Gasteiger charge is 2.19. The van der Waals surface area contributed by atoms with Crippen LogP contribution in [0, 0.1) is 11.8 Å². The van der Waals surface area contributed by atoms with E-state index in [0.29, 0.717) is 23.9 Å². The SMILES string of the molecule is CCc1ncnc(-c2ccc(CN3CCN(CCNS(C)(=O)=O)CC3)c(Cl)c2)c1C#Cc1ccc(N)nc1. The molecule has 3 N–H and O–H groups in total. The minimum Gasteiger partial charge on any atom is -0.384 e. The maximum Gasteiger partial charge on any atom is 0.208 e. The van der Waals surface area contributed by atoms with Gasteiger partial charge in [0.15, 0.2) is 0 Å². The van der Waals surface area contributed by atoms with E-state index < -0.39 is 10.0 Å². The van der Waals surface area contributed by atoms with Crippen LogP contribution >= 0.6 is 11.6 Å². The molecular weight excluding hydrogens is 522 g/mol. The van der Waals surface area contributed by atoms with Crippen LogP contribution in [0.2, 0.25) is 5.02 Å². The Kier molecular flexibility index (Phi) is 9.31. The average Bonchev–Trinajstić information content (AvgIpc) is 2.89. The molecule has 4 rings (SSSR count). The number of aryl methyl sites for hydroxylation is 1. The summed E-state index contributed by atoms with van der Waals surface area (Å²) in [5.74, 6) is 6.85. The average molecular weight is 554 g/mol. The van der Waals surface area contributed by atoms with Crippen LogP contribution in [0.5, 0.6) is 0 Å². The summed E-state index contributed by atoms with van der Waals surface area (Å²) in [6.07, 6.45) is 5.12. The van der Waals surface area contributed by atoms with Gasteiger partial charge >= 0.3 is 0 Å². The van der Waals surface area contributed by atoms with Gasteiger partial charge in [0, 0.05) is 68.2 Å². The van der Waals surface area contributed by atoms with Crippen LogP contribution in [-0.4, -0.2) is 78.7 Å². The lowest BCUT2D eigenvalue weighted by molar-refractivity contribution is 0.129. The topological polar surface area (TPSA) is 117 Å². The van der Waals surface area contributed by atoms with E-state index in [1.54, 1.807) is 18.6 Å². The third-order valence-electron chi connectivity index (χ3n) is 6.36. The normalized spacial score (nSPS) is 14.7. The molecule has 1 aliphatic heterocycles. The third kappa shape index (κ3) is 7.72. The molecule has 0 spiro atoms. The molecule has 1 aliphatic rings. The van der Waals surface area contributed by atoms with E-state index >= 15 is 0 Å². The molecule has 0 saturated carbocycles. The molecule has 0 amide bonds. The number of sulfonamides is 1. The molecule has 1 fully saturated rings. The zero-order valence-electron chi connectivity index (χ0n) is 21.6. The van der Waals surface area contributed by atoms with Gasteiger partial charge in [0.05, 0.1) is 23.2 Å². The van der Waals surface area contributed by atoms with Crippen LogP contribution in [0.25, 0.3) is 11.3 Å². The minimum atomic E-state index is -3.15. The molecule has 1 aromatic carbocycles. The largest absolute Gasteiger partial charge is 0.384 e. The first-order valence-electron chi connectivity index (χ1n) is 12.5. The Morgan fingerprint density at radius 1 is 1.05 bits per heavy atom. The van der Waals surface area contributed by atoms with Crippen molar-refractivity contribution < 1.29 is 8.42 Å². The number of benzene rings is 1. The Balaban J connectivity index is 1.45. The van der Waals surface area contributed by atoms with Crippen molar-refractivity contribution in [2.75, 3.05) is 51.3 Å². The fourth-order valence-electron chi connectivity index (χ4n) is 4.28. The summed E-state index contributed by atoms with van der Waals surface area (Å²) >= 11 is 6.75. The zero-order chi connectivity index (χ0) is 27.1. The second-order valence-corrected chi connectivity index (χ2v) is 11.4. The monoisotopic (exact) mass is 553 g/mol. The van der Waals surface area contributed by atoms with Crippen LogP contribution < -0.4 is 10.5 Å². The van der Waals surface area contributed by atoms with Crippen molar-refractivity contribution in [1.29, 1.82) is 0 Å². The fourth-order valence-corrected chi connectivity index (χ4v) is 4.98. The third-order valence-corrected chi connectivity index (χ3v) is 7.44. The van der Waals surface area contributed by atoms with Crippen molar-refractivity contribution >= 4 is 27.4 Å². The Morgan fingerprint density at radius 3 is 2.47 bits per heavy atom. The first kappa shape index (κ1) is 28.0. The van der Waals surface area contributed by atoms with Gasteiger partial charge in [-0.15, -0.1) is 0 Å². The van der Waals surface area contributed by atoms with Gasteiger partial charge in [-0.3, -0.25) is 9.80 Å². The van der Waals surface area contributed by atoms with Crippen molar-refractivity contribution in [3.05, 3.63) is 70.3 Å². The van der Waals surface area contributed by atoms with Crippen LogP contribution in [0.1, 0.15) is 29.3 Å². The maximum atomic E-state index is 11.3. The van der Waals surface area contributed by atoms with Crippen LogP contribution in [0.4, 0.5) is 5.82 Å². The lowest BCUT2D eigenvalue weighted by Crippen LogP contribution is -2.47. The van der Waals surface area contributed by atoms with Crippen molar-refractivity contribution in [3.8, 4) is 23.1 Å². The lowest BCUT2D eigenvalue weighted by Gasteiger charge is -2.34. The number of hydrogen-bond acceptors (Lipinski definition) is 8. The molecule has 2 aromatic heterocycles. The Hall–Kier alpha value is -3.07. The van der Waals surface area contributed by atoms with Crippen molar-refractivity contribution in [2.45, 2.75) is 19.9 Å². The molecule has 3 aromatic rings. The summed E-state index contributed by atoms with van der Waals surface area (Å²) in [6.45, 7) is 7.47. The Bertz CT molecular complexity index is 1430. The van der Waals surface area contributed by atoms with Gasteiger partial charge in [0.25, 0.3) is 0 Å². The van der Waals surface area contributed by atoms with Crippen molar-refractivity contribution in [1.82, 2.24) is 29.5 Å². The first-order valence-corrected chi connectivity index (χ1v) is 14.7. The summed E-state index contributed by atoms with van der Waals surface area (Å²) in [5.41, 5.74) is 10.8. The first-order chi connectivity index (χ1) is 18.2. The maximum absolute atomic E-state index is 11.3. The van der Waals surface area contributed by atoms with E-state index in [-0.39, 0.29) is 0 Å². The molecule has 0 bridgehead atoms. The number of rotatable bonds is 8. The molecule has 1 saturated heterocycles.